The van der Waals surface area contributed by atoms with Gasteiger partial charge in [0.25, 0.3) is 0 Å². The van der Waals surface area contributed by atoms with Crippen LogP contribution in [0.25, 0.3) is 16.3 Å². The number of benzene rings is 2. The summed E-state index contributed by atoms with van der Waals surface area (Å²) in [5, 5.41) is 3.53. The lowest BCUT2D eigenvalue weighted by molar-refractivity contribution is -0.116. The first-order valence-corrected chi connectivity index (χ1v) is 8.09. The van der Waals surface area contributed by atoms with Gasteiger partial charge in [-0.05, 0) is 36.3 Å². The van der Waals surface area contributed by atoms with Crippen molar-refractivity contribution in [2.24, 2.45) is 0 Å². The molecule has 5 heteroatoms. The maximum Gasteiger partial charge on any atom is 0.244 e. The highest BCUT2D eigenvalue weighted by atomic mass is 32.1. The van der Waals surface area contributed by atoms with Crippen molar-refractivity contribution in [3.8, 4) is 0 Å². The van der Waals surface area contributed by atoms with Gasteiger partial charge in [0.05, 0.1) is 10.2 Å². The predicted octanol–water partition coefficient (Wildman–Crippen LogP) is 3.81. The quantitative estimate of drug-likeness (QED) is 0.725. The molecule has 23 heavy (non-hydrogen) atoms. The Kier molecular flexibility index (Phi) is 4.78. The number of rotatable bonds is 5. The fourth-order valence-electron chi connectivity index (χ4n) is 2.19. The van der Waals surface area contributed by atoms with E-state index in [1.165, 1.54) is 23.5 Å². The molecule has 0 saturated heterocycles. The summed E-state index contributed by atoms with van der Waals surface area (Å²) >= 11 is 1.53. The van der Waals surface area contributed by atoms with Gasteiger partial charge in [-0.2, -0.15) is 0 Å². The zero-order valence-electron chi connectivity index (χ0n) is 12.3. The molecular weight excluding hydrogens is 311 g/mol. The van der Waals surface area contributed by atoms with Crippen LogP contribution in [-0.4, -0.2) is 17.4 Å². The Hall–Kier alpha value is -2.53. The van der Waals surface area contributed by atoms with Crippen LogP contribution in [-0.2, 0) is 11.2 Å². The Morgan fingerprint density at radius 1 is 1.17 bits per heavy atom. The topological polar surface area (TPSA) is 42.0 Å². The number of thiazole rings is 1. The van der Waals surface area contributed by atoms with Crippen molar-refractivity contribution in [3.63, 3.8) is 0 Å². The molecule has 3 rings (SSSR count). The average Bonchev–Trinajstić information content (AvgIpc) is 2.98. The Morgan fingerprint density at radius 3 is 2.78 bits per heavy atom. The molecule has 2 aromatic carbocycles. The van der Waals surface area contributed by atoms with E-state index in [2.05, 4.69) is 10.3 Å². The number of nitrogens with one attached hydrogen (secondary N) is 1. The number of amides is 1. The van der Waals surface area contributed by atoms with Crippen LogP contribution < -0.4 is 5.32 Å². The second kappa shape index (κ2) is 7.15. The summed E-state index contributed by atoms with van der Waals surface area (Å²) in [4.78, 5) is 16.2. The van der Waals surface area contributed by atoms with Crippen LogP contribution in [0.5, 0.6) is 0 Å². The minimum absolute atomic E-state index is 0.208. The molecule has 0 aliphatic rings. The van der Waals surface area contributed by atoms with Gasteiger partial charge in [-0.25, -0.2) is 9.37 Å². The third-order valence-corrected chi connectivity index (χ3v) is 4.34. The van der Waals surface area contributed by atoms with Gasteiger partial charge in [-0.1, -0.05) is 30.3 Å². The number of para-hydroxylation sites is 1. The number of aromatic nitrogens is 1. The Labute approximate surface area is 137 Å². The van der Waals surface area contributed by atoms with Gasteiger partial charge in [0.2, 0.25) is 5.91 Å². The number of carbonyl (C=O) groups excluding carboxylic acids is 1. The molecule has 1 N–H and O–H groups in total. The summed E-state index contributed by atoms with van der Waals surface area (Å²) in [7, 11) is 0. The van der Waals surface area contributed by atoms with Gasteiger partial charge >= 0.3 is 0 Å². The van der Waals surface area contributed by atoms with Gasteiger partial charge < -0.3 is 5.32 Å². The van der Waals surface area contributed by atoms with Crippen molar-refractivity contribution >= 4 is 33.5 Å². The molecule has 116 valence electrons. The fourth-order valence-corrected chi connectivity index (χ4v) is 3.06. The minimum Gasteiger partial charge on any atom is -0.352 e. The molecule has 1 amide bonds. The highest BCUT2D eigenvalue weighted by molar-refractivity contribution is 7.19. The average molecular weight is 326 g/mol. The number of fused-ring (bicyclic) bond motifs is 1. The third-order valence-electron chi connectivity index (χ3n) is 3.34. The third kappa shape index (κ3) is 4.02. The molecule has 0 atom stereocenters. The van der Waals surface area contributed by atoms with Gasteiger partial charge in [0.1, 0.15) is 10.8 Å². The van der Waals surface area contributed by atoms with Crippen molar-refractivity contribution in [2.45, 2.75) is 6.42 Å². The van der Waals surface area contributed by atoms with E-state index in [0.717, 1.165) is 15.2 Å². The zero-order chi connectivity index (χ0) is 16.1. The summed E-state index contributed by atoms with van der Waals surface area (Å²) in [6, 6.07) is 14.4. The van der Waals surface area contributed by atoms with Crippen LogP contribution in [0, 0.1) is 5.82 Å². The van der Waals surface area contributed by atoms with Crippen molar-refractivity contribution in [2.75, 3.05) is 6.54 Å². The minimum atomic E-state index is -0.244. The van der Waals surface area contributed by atoms with Crippen molar-refractivity contribution in [1.29, 1.82) is 0 Å². The lowest BCUT2D eigenvalue weighted by Gasteiger charge is -2.03. The Bertz CT molecular complexity index is 824. The van der Waals surface area contributed by atoms with Gasteiger partial charge in [-0.15, -0.1) is 11.3 Å². The molecule has 0 saturated carbocycles. The largest absolute Gasteiger partial charge is 0.352 e. The molecule has 0 aliphatic heterocycles. The second-order valence-corrected chi connectivity index (χ2v) is 6.05. The monoisotopic (exact) mass is 326 g/mol. The summed E-state index contributed by atoms with van der Waals surface area (Å²) in [5.74, 6) is -0.452. The van der Waals surface area contributed by atoms with E-state index in [1.807, 2.05) is 24.3 Å². The normalized spacial score (nSPS) is 11.2. The molecule has 0 bridgehead atoms. The van der Waals surface area contributed by atoms with Crippen LogP contribution in [0.15, 0.2) is 54.6 Å². The summed E-state index contributed by atoms with van der Waals surface area (Å²) in [5.41, 5.74) is 1.53. The maximum absolute atomic E-state index is 13.5. The number of carbonyl (C=O) groups is 1. The molecule has 0 aliphatic carbocycles. The van der Waals surface area contributed by atoms with Crippen LogP contribution in [0.2, 0.25) is 0 Å². The molecule has 0 spiro atoms. The predicted molar refractivity (Wildman–Crippen MR) is 91.8 cm³/mol. The molecular formula is C18H15FN2OS. The van der Waals surface area contributed by atoms with Crippen molar-refractivity contribution < 1.29 is 9.18 Å². The Morgan fingerprint density at radius 2 is 1.96 bits per heavy atom. The first kappa shape index (κ1) is 15.4. The summed E-state index contributed by atoms with van der Waals surface area (Å²) in [6.07, 6.45) is 3.62. The standard InChI is InChI=1S/C18H15FN2OS/c19-14-6-2-1-5-13(14)11-12-20-17(22)9-10-18-21-15-7-3-4-8-16(15)23-18/h1-10H,11-12H2,(H,20,22)/b10-9+. The smallest absolute Gasteiger partial charge is 0.244 e. The van der Waals surface area contributed by atoms with Crippen LogP contribution in [0.3, 0.4) is 0 Å². The summed E-state index contributed by atoms with van der Waals surface area (Å²) in [6.45, 7) is 0.393. The molecule has 3 aromatic rings. The first-order chi connectivity index (χ1) is 11.2. The number of hydrogen-bond acceptors (Lipinski definition) is 3. The van der Waals surface area contributed by atoms with E-state index in [4.69, 9.17) is 0 Å². The van der Waals surface area contributed by atoms with Crippen molar-refractivity contribution in [1.82, 2.24) is 10.3 Å². The molecule has 1 heterocycles. The highest BCUT2D eigenvalue weighted by Gasteiger charge is 2.03. The SMILES string of the molecule is O=C(/C=C/c1nc2ccccc2s1)NCCc1ccccc1F. The van der Waals surface area contributed by atoms with E-state index in [0.29, 0.717) is 18.5 Å². The molecule has 1 aromatic heterocycles. The lowest BCUT2D eigenvalue weighted by atomic mass is 10.1. The lowest BCUT2D eigenvalue weighted by Crippen LogP contribution is -2.23. The van der Waals surface area contributed by atoms with Crippen LogP contribution >= 0.6 is 11.3 Å². The number of nitrogens with zero attached hydrogens (tertiary/aromatic N) is 1. The molecule has 0 unspecified atom stereocenters. The van der Waals surface area contributed by atoms with E-state index in [9.17, 15) is 9.18 Å². The van der Waals surface area contributed by atoms with Crippen molar-refractivity contribution in [3.05, 3.63) is 71.0 Å². The molecule has 0 radical (unpaired) electrons. The second-order valence-electron chi connectivity index (χ2n) is 4.99. The van der Waals surface area contributed by atoms with Gasteiger partial charge in [0, 0.05) is 12.6 Å². The summed E-state index contributed by atoms with van der Waals surface area (Å²) < 4.78 is 14.5. The highest BCUT2D eigenvalue weighted by Crippen LogP contribution is 2.22. The van der Waals surface area contributed by atoms with E-state index < -0.39 is 0 Å². The first-order valence-electron chi connectivity index (χ1n) is 7.27. The van der Waals surface area contributed by atoms with E-state index in [-0.39, 0.29) is 11.7 Å². The van der Waals surface area contributed by atoms with E-state index in [1.54, 1.807) is 24.3 Å². The number of halogens is 1. The Balaban J connectivity index is 1.53. The fraction of sp³-hybridized carbons (Fsp3) is 0.111. The number of hydrogen-bond donors (Lipinski definition) is 1. The molecule has 3 nitrogen and oxygen atoms in total. The van der Waals surface area contributed by atoms with Gasteiger partial charge in [-0.3, -0.25) is 4.79 Å². The van der Waals surface area contributed by atoms with Crippen LogP contribution in [0.1, 0.15) is 10.6 Å². The van der Waals surface area contributed by atoms with E-state index >= 15 is 0 Å². The zero-order valence-corrected chi connectivity index (χ0v) is 13.1. The molecule has 0 fully saturated rings. The van der Waals surface area contributed by atoms with Gasteiger partial charge in [0.15, 0.2) is 0 Å². The van der Waals surface area contributed by atoms with Crippen LogP contribution in [0.4, 0.5) is 4.39 Å². The maximum atomic E-state index is 13.5.